The number of methoxy groups -OCH3 is 1. The summed E-state index contributed by atoms with van der Waals surface area (Å²) in [4.78, 5) is 24.2. The van der Waals surface area contributed by atoms with Gasteiger partial charge in [0.25, 0.3) is 5.56 Å². The number of para-hydroxylation sites is 1. The Bertz CT molecular complexity index is 1020. The molecule has 0 bridgehead atoms. The minimum absolute atomic E-state index is 0.106. The highest BCUT2D eigenvalue weighted by atomic mass is 19.1. The van der Waals surface area contributed by atoms with Gasteiger partial charge < -0.3 is 10.1 Å². The van der Waals surface area contributed by atoms with Crippen molar-refractivity contribution in [2.75, 3.05) is 7.11 Å². The Kier molecular flexibility index (Phi) is 6.16. The van der Waals surface area contributed by atoms with Crippen molar-refractivity contribution in [3.63, 3.8) is 0 Å². The zero-order chi connectivity index (χ0) is 19.9. The van der Waals surface area contributed by atoms with Crippen molar-refractivity contribution in [2.45, 2.75) is 19.5 Å². The van der Waals surface area contributed by atoms with E-state index in [0.717, 1.165) is 5.56 Å². The normalized spacial score (nSPS) is 10.5. The number of hydrogen-bond acceptors (Lipinski definition) is 4. The van der Waals surface area contributed by atoms with Crippen LogP contribution >= 0.6 is 0 Å². The molecule has 6 nitrogen and oxygen atoms in total. The molecule has 144 valence electrons. The Hall–Kier alpha value is -3.48. The number of carbonyl (C=O) groups is 1. The van der Waals surface area contributed by atoms with E-state index in [0.29, 0.717) is 23.6 Å². The molecule has 0 aliphatic carbocycles. The summed E-state index contributed by atoms with van der Waals surface area (Å²) in [5, 5.41) is 7.08. The molecule has 0 aliphatic rings. The minimum atomic E-state index is -0.344. The Morgan fingerprint density at radius 1 is 1.11 bits per heavy atom. The number of aromatic nitrogens is 2. The van der Waals surface area contributed by atoms with Crippen LogP contribution in [0.15, 0.2) is 65.5 Å². The SMILES string of the molecule is COc1ccccc1CNC(=O)CCn1nc(-c2ccc(F)cc2)ccc1=O. The molecule has 2 aromatic carbocycles. The maximum Gasteiger partial charge on any atom is 0.266 e. The molecule has 0 unspecified atom stereocenters. The molecule has 28 heavy (non-hydrogen) atoms. The lowest BCUT2D eigenvalue weighted by atomic mass is 10.1. The van der Waals surface area contributed by atoms with Gasteiger partial charge in [-0.15, -0.1) is 0 Å². The molecule has 0 aliphatic heterocycles. The van der Waals surface area contributed by atoms with E-state index in [1.54, 1.807) is 25.3 Å². The first kappa shape index (κ1) is 19.3. The third-order valence-corrected chi connectivity index (χ3v) is 4.23. The van der Waals surface area contributed by atoms with Crippen molar-refractivity contribution in [3.05, 3.63) is 82.4 Å². The number of carbonyl (C=O) groups excluding carboxylic acids is 1. The number of aryl methyl sites for hydroxylation is 1. The molecule has 0 spiro atoms. The molecular formula is C21H20FN3O3. The molecule has 0 atom stereocenters. The van der Waals surface area contributed by atoms with Crippen LogP contribution in [0.1, 0.15) is 12.0 Å². The van der Waals surface area contributed by atoms with E-state index >= 15 is 0 Å². The summed E-state index contributed by atoms with van der Waals surface area (Å²) in [6.45, 7) is 0.479. The van der Waals surface area contributed by atoms with Crippen LogP contribution in [0.25, 0.3) is 11.3 Å². The maximum absolute atomic E-state index is 13.1. The fourth-order valence-corrected chi connectivity index (χ4v) is 2.72. The fraction of sp³-hybridized carbons (Fsp3) is 0.190. The second-order valence-electron chi connectivity index (χ2n) is 6.13. The Morgan fingerprint density at radius 3 is 2.61 bits per heavy atom. The number of amides is 1. The number of nitrogens with zero attached hydrogens (tertiary/aromatic N) is 2. The molecular weight excluding hydrogens is 361 g/mol. The third kappa shape index (κ3) is 4.82. The number of ether oxygens (including phenoxy) is 1. The average molecular weight is 381 g/mol. The van der Waals surface area contributed by atoms with Crippen molar-refractivity contribution >= 4 is 5.91 Å². The highest BCUT2D eigenvalue weighted by Gasteiger charge is 2.08. The van der Waals surface area contributed by atoms with Crippen molar-refractivity contribution in [2.24, 2.45) is 0 Å². The van der Waals surface area contributed by atoms with Crippen molar-refractivity contribution < 1.29 is 13.9 Å². The van der Waals surface area contributed by atoms with Gasteiger partial charge in [-0.3, -0.25) is 9.59 Å². The quantitative estimate of drug-likeness (QED) is 0.683. The van der Waals surface area contributed by atoms with Crippen molar-refractivity contribution in [1.82, 2.24) is 15.1 Å². The molecule has 0 fully saturated rings. The van der Waals surface area contributed by atoms with Gasteiger partial charge in [-0.1, -0.05) is 18.2 Å². The highest BCUT2D eigenvalue weighted by Crippen LogP contribution is 2.17. The Labute approximate surface area is 161 Å². The van der Waals surface area contributed by atoms with E-state index in [9.17, 15) is 14.0 Å². The van der Waals surface area contributed by atoms with Crippen LogP contribution in [0.5, 0.6) is 5.75 Å². The van der Waals surface area contributed by atoms with Gasteiger partial charge in [0.05, 0.1) is 19.3 Å². The first-order valence-electron chi connectivity index (χ1n) is 8.79. The molecule has 3 aromatic rings. The van der Waals surface area contributed by atoms with E-state index < -0.39 is 0 Å². The number of hydrogen-bond donors (Lipinski definition) is 1. The van der Waals surface area contributed by atoms with Crippen molar-refractivity contribution in [1.29, 1.82) is 0 Å². The second-order valence-corrected chi connectivity index (χ2v) is 6.13. The first-order chi connectivity index (χ1) is 13.6. The number of benzene rings is 2. The largest absolute Gasteiger partial charge is 0.496 e. The van der Waals surface area contributed by atoms with Crippen LogP contribution in [0, 0.1) is 5.82 Å². The monoisotopic (exact) mass is 381 g/mol. The molecule has 1 heterocycles. The summed E-state index contributed by atoms with van der Waals surface area (Å²) in [5.74, 6) is 0.156. The smallest absolute Gasteiger partial charge is 0.266 e. The van der Waals surface area contributed by atoms with Gasteiger partial charge in [-0.05, 0) is 36.4 Å². The van der Waals surface area contributed by atoms with Crippen LogP contribution in [0.4, 0.5) is 4.39 Å². The summed E-state index contributed by atoms with van der Waals surface area (Å²) in [5.41, 5.74) is 1.79. The summed E-state index contributed by atoms with van der Waals surface area (Å²) in [6.07, 6.45) is 0.106. The molecule has 0 radical (unpaired) electrons. The van der Waals surface area contributed by atoms with Gasteiger partial charge in [0.1, 0.15) is 11.6 Å². The summed E-state index contributed by atoms with van der Waals surface area (Å²) < 4.78 is 19.6. The third-order valence-electron chi connectivity index (χ3n) is 4.23. The predicted molar refractivity (Wildman–Crippen MR) is 103 cm³/mol. The lowest BCUT2D eigenvalue weighted by Gasteiger charge is -2.10. The second kappa shape index (κ2) is 8.94. The molecule has 0 saturated heterocycles. The van der Waals surface area contributed by atoms with Gasteiger partial charge in [0.15, 0.2) is 0 Å². The average Bonchev–Trinajstić information content (AvgIpc) is 2.72. The van der Waals surface area contributed by atoms with Crippen LogP contribution in [-0.2, 0) is 17.9 Å². The van der Waals surface area contributed by atoms with Crippen LogP contribution in [-0.4, -0.2) is 22.8 Å². The number of rotatable bonds is 7. The Morgan fingerprint density at radius 2 is 1.86 bits per heavy atom. The molecule has 0 saturated carbocycles. The fourth-order valence-electron chi connectivity index (χ4n) is 2.72. The zero-order valence-electron chi connectivity index (χ0n) is 15.4. The maximum atomic E-state index is 13.1. The van der Waals surface area contributed by atoms with E-state index in [1.165, 1.54) is 22.9 Å². The minimum Gasteiger partial charge on any atom is -0.496 e. The van der Waals surface area contributed by atoms with E-state index in [1.807, 2.05) is 24.3 Å². The Balaban J connectivity index is 1.62. The molecule has 1 N–H and O–H groups in total. The highest BCUT2D eigenvalue weighted by molar-refractivity contribution is 5.75. The van der Waals surface area contributed by atoms with E-state index in [-0.39, 0.29) is 30.2 Å². The van der Waals surface area contributed by atoms with Gasteiger partial charge in [0, 0.05) is 30.2 Å². The predicted octanol–water partition coefficient (Wildman–Crippen LogP) is 2.76. The topological polar surface area (TPSA) is 73.2 Å². The summed E-state index contributed by atoms with van der Waals surface area (Å²) in [7, 11) is 1.58. The van der Waals surface area contributed by atoms with Crippen LogP contribution in [0.2, 0.25) is 0 Å². The van der Waals surface area contributed by atoms with Crippen LogP contribution < -0.4 is 15.6 Å². The number of halogens is 1. The molecule has 1 aromatic heterocycles. The van der Waals surface area contributed by atoms with Crippen molar-refractivity contribution in [3.8, 4) is 17.0 Å². The van der Waals surface area contributed by atoms with Crippen LogP contribution in [0.3, 0.4) is 0 Å². The first-order valence-corrected chi connectivity index (χ1v) is 8.79. The zero-order valence-corrected chi connectivity index (χ0v) is 15.4. The van der Waals surface area contributed by atoms with Gasteiger partial charge in [-0.2, -0.15) is 5.10 Å². The van der Waals surface area contributed by atoms with E-state index in [4.69, 9.17) is 4.74 Å². The van der Waals surface area contributed by atoms with Gasteiger partial charge in [-0.25, -0.2) is 9.07 Å². The molecule has 1 amide bonds. The van der Waals surface area contributed by atoms with E-state index in [2.05, 4.69) is 10.4 Å². The summed E-state index contributed by atoms with van der Waals surface area (Å²) in [6, 6.07) is 16.2. The van der Waals surface area contributed by atoms with Gasteiger partial charge in [0.2, 0.25) is 5.91 Å². The molecule has 3 rings (SSSR count). The standard InChI is InChI=1S/C21H20FN3O3/c1-28-19-5-3-2-4-16(19)14-23-20(26)12-13-25-21(27)11-10-18(24-25)15-6-8-17(22)9-7-15/h2-11H,12-14H2,1H3,(H,23,26). The summed E-state index contributed by atoms with van der Waals surface area (Å²) >= 11 is 0. The molecule has 7 heteroatoms. The lowest BCUT2D eigenvalue weighted by Crippen LogP contribution is -2.28. The number of nitrogens with one attached hydrogen (secondary N) is 1. The van der Waals surface area contributed by atoms with Gasteiger partial charge >= 0.3 is 0 Å². The lowest BCUT2D eigenvalue weighted by molar-refractivity contribution is -0.121.